The van der Waals surface area contributed by atoms with E-state index in [0.29, 0.717) is 12.2 Å². The number of methoxy groups -OCH3 is 1. The van der Waals surface area contributed by atoms with E-state index in [2.05, 4.69) is 15.3 Å². The van der Waals surface area contributed by atoms with Crippen LogP contribution in [0.15, 0.2) is 6.20 Å². The zero-order valence-electron chi connectivity index (χ0n) is 14.0. The molecule has 0 saturated carbocycles. The van der Waals surface area contributed by atoms with Gasteiger partial charge in [-0.25, -0.2) is 9.59 Å². The van der Waals surface area contributed by atoms with Gasteiger partial charge in [-0.15, -0.1) is 0 Å². The number of amides is 2. The highest BCUT2D eigenvalue weighted by atomic mass is 16.5. The highest BCUT2D eigenvalue weighted by Gasteiger charge is 2.26. The molecule has 7 heteroatoms. The molecule has 1 heterocycles. The summed E-state index contributed by atoms with van der Waals surface area (Å²) in [5.74, 6) is -0.520. The average Bonchev–Trinajstić information content (AvgIpc) is 2.47. The van der Waals surface area contributed by atoms with Gasteiger partial charge in [-0.2, -0.15) is 0 Å². The van der Waals surface area contributed by atoms with E-state index < -0.39 is 12.0 Å². The lowest BCUT2D eigenvalue weighted by Crippen LogP contribution is -2.49. The molecular weight excluding hydrogens is 284 g/mol. The second kappa shape index (κ2) is 7.72. The maximum atomic E-state index is 12.2. The Morgan fingerprint density at radius 1 is 1.32 bits per heavy atom. The van der Waals surface area contributed by atoms with Crippen LogP contribution >= 0.6 is 0 Å². The second-order valence-corrected chi connectivity index (χ2v) is 5.58. The Morgan fingerprint density at radius 2 is 1.95 bits per heavy atom. The van der Waals surface area contributed by atoms with E-state index in [-0.39, 0.29) is 11.9 Å². The monoisotopic (exact) mass is 308 g/mol. The largest absolute Gasteiger partial charge is 0.467 e. The molecule has 0 aromatic carbocycles. The number of nitrogens with one attached hydrogen (secondary N) is 1. The normalized spacial score (nSPS) is 12.0. The first-order valence-electron chi connectivity index (χ1n) is 7.14. The van der Waals surface area contributed by atoms with Gasteiger partial charge in [-0.1, -0.05) is 13.8 Å². The van der Waals surface area contributed by atoms with E-state index in [0.717, 1.165) is 11.4 Å². The molecule has 1 N–H and O–H groups in total. The van der Waals surface area contributed by atoms with Crippen molar-refractivity contribution in [3.8, 4) is 0 Å². The number of urea groups is 1. The van der Waals surface area contributed by atoms with Gasteiger partial charge in [0.15, 0.2) is 0 Å². The molecule has 0 fully saturated rings. The van der Waals surface area contributed by atoms with Gasteiger partial charge in [0.25, 0.3) is 0 Å². The molecule has 0 aliphatic heterocycles. The van der Waals surface area contributed by atoms with Crippen molar-refractivity contribution in [3.05, 3.63) is 23.3 Å². The molecule has 1 aromatic heterocycles. The topological polar surface area (TPSA) is 84.4 Å². The Kier molecular flexibility index (Phi) is 6.27. The highest BCUT2D eigenvalue weighted by Crippen LogP contribution is 2.07. The van der Waals surface area contributed by atoms with Crippen LogP contribution in [0.3, 0.4) is 0 Å². The fraction of sp³-hybridized carbons (Fsp3) is 0.600. The number of aryl methyl sites for hydroxylation is 2. The fourth-order valence-corrected chi connectivity index (χ4v) is 1.85. The first kappa shape index (κ1) is 17.9. The summed E-state index contributed by atoms with van der Waals surface area (Å²) in [6, 6.07) is -1.03. The van der Waals surface area contributed by atoms with Gasteiger partial charge in [0.1, 0.15) is 6.04 Å². The van der Waals surface area contributed by atoms with Gasteiger partial charge in [-0.3, -0.25) is 9.97 Å². The summed E-state index contributed by atoms with van der Waals surface area (Å²) in [6.07, 6.45) is 1.65. The van der Waals surface area contributed by atoms with E-state index in [9.17, 15) is 9.59 Å². The molecule has 7 nitrogen and oxygen atoms in total. The summed E-state index contributed by atoms with van der Waals surface area (Å²) in [5, 5.41) is 2.68. The Bertz CT molecular complexity index is 546. The molecule has 2 amide bonds. The average molecular weight is 308 g/mol. The lowest BCUT2D eigenvalue weighted by Gasteiger charge is -2.24. The maximum Gasteiger partial charge on any atom is 0.328 e. The van der Waals surface area contributed by atoms with E-state index in [1.807, 2.05) is 27.7 Å². The lowest BCUT2D eigenvalue weighted by atomic mass is 10.1. The third-order valence-corrected chi connectivity index (χ3v) is 3.39. The van der Waals surface area contributed by atoms with Crippen LogP contribution in [0.4, 0.5) is 4.79 Å². The molecule has 1 rings (SSSR count). The van der Waals surface area contributed by atoms with Crippen LogP contribution in [0.25, 0.3) is 0 Å². The summed E-state index contributed by atoms with van der Waals surface area (Å²) < 4.78 is 4.71. The Labute approximate surface area is 131 Å². The smallest absolute Gasteiger partial charge is 0.328 e. The van der Waals surface area contributed by atoms with Gasteiger partial charge in [0.2, 0.25) is 0 Å². The number of aromatic nitrogens is 2. The Hall–Kier alpha value is -2.18. The predicted octanol–water partition coefficient (Wildman–Crippen LogP) is 1.43. The van der Waals surface area contributed by atoms with E-state index in [1.165, 1.54) is 12.0 Å². The Balaban J connectivity index is 2.71. The van der Waals surface area contributed by atoms with Gasteiger partial charge >= 0.3 is 12.0 Å². The third-order valence-electron chi connectivity index (χ3n) is 3.39. The standard InChI is InChI=1S/C15H24N4O3/c1-9(2)13(14(20)22-6)18-15(21)19(5)8-12-7-16-10(3)11(4)17-12/h7,9,13H,8H2,1-6H3,(H,18,21)/t13-/m0/s1. The first-order valence-corrected chi connectivity index (χ1v) is 7.14. The molecule has 122 valence electrons. The summed E-state index contributed by atoms with van der Waals surface area (Å²) in [5.41, 5.74) is 2.39. The van der Waals surface area contributed by atoms with Crippen molar-refractivity contribution in [1.82, 2.24) is 20.2 Å². The number of carbonyl (C=O) groups is 2. The molecule has 0 bridgehead atoms. The molecule has 0 aliphatic rings. The van der Waals surface area contributed by atoms with E-state index in [4.69, 9.17) is 4.74 Å². The minimum atomic E-state index is -0.675. The molecular formula is C15H24N4O3. The number of rotatable bonds is 5. The molecule has 0 radical (unpaired) electrons. The van der Waals surface area contributed by atoms with Crippen molar-refractivity contribution < 1.29 is 14.3 Å². The molecule has 22 heavy (non-hydrogen) atoms. The van der Waals surface area contributed by atoms with Crippen LogP contribution in [0.1, 0.15) is 30.9 Å². The first-order chi connectivity index (χ1) is 10.3. The summed E-state index contributed by atoms with van der Waals surface area (Å²) in [6.45, 7) is 7.75. The number of esters is 1. The van der Waals surface area contributed by atoms with Crippen molar-refractivity contribution in [1.29, 1.82) is 0 Å². The number of carbonyl (C=O) groups excluding carboxylic acids is 2. The van der Waals surface area contributed by atoms with Gasteiger partial charge < -0.3 is 15.0 Å². The van der Waals surface area contributed by atoms with Crippen LogP contribution in [0, 0.1) is 19.8 Å². The minimum Gasteiger partial charge on any atom is -0.467 e. The van der Waals surface area contributed by atoms with Crippen molar-refractivity contribution in [2.24, 2.45) is 5.92 Å². The molecule has 0 aliphatic carbocycles. The van der Waals surface area contributed by atoms with Crippen molar-refractivity contribution >= 4 is 12.0 Å². The van der Waals surface area contributed by atoms with Crippen LogP contribution in [0.5, 0.6) is 0 Å². The van der Waals surface area contributed by atoms with Gasteiger partial charge in [-0.05, 0) is 19.8 Å². The number of ether oxygens (including phenoxy) is 1. The SMILES string of the molecule is COC(=O)[C@@H](NC(=O)N(C)Cc1cnc(C)c(C)n1)C(C)C. The maximum absolute atomic E-state index is 12.2. The van der Waals surface area contributed by atoms with Crippen molar-refractivity contribution in [3.63, 3.8) is 0 Å². The van der Waals surface area contributed by atoms with Crippen molar-refractivity contribution in [2.75, 3.05) is 14.2 Å². The lowest BCUT2D eigenvalue weighted by molar-refractivity contribution is -0.144. The van der Waals surface area contributed by atoms with Crippen molar-refractivity contribution in [2.45, 2.75) is 40.3 Å². The highest BCUT2D eigenvalue weighted by molar-refractivity contribution is 5.83. The minimum absolute atomic E-state index is 0.0637. The summed E-state index contributed by atoms with van der Waals surface area (Å²) in [7, 11) is 2.94. The zero-order chi connectivity index (χ0) is 16.9. The fourth-order valence-electron chi connectivity index (χ4n) is 1.85. The van der Waals surface area contributed by atoms with Crippen LogP contribution < -0.4 is 5.32 Å². The zero-order valence-corrected chi connectivity index (χ0v) is 14.0. The van der Waals surface area contributed by atoms with Gasteiger partial charge in [0, 0.05) is 7.05 Å². The molecule has 1 atom stereocenters. The Morgan fingerprint density at radius 3 is 2.45 bits per heavy atom. The molecule has 1 aromatic rings. The number of hydrogen-bond acceptors (Lipinski definition) is 5. The van der Waals surface area contributed by atoms with E-state index in [1.54, 1.807) is 13.2 Å². The van der Waals surface area contributed by atoms with Crippen LogP contribution in [-0.4, -0.2) is 47.1 Å². The van der Waals surface area contributed by atoms with Gasteiger partial charge in [0.05, 0.1) is 36.9 Å². The molecule has 0 saturated heterocycles. The van der Waals surface area contributed by atoms with Crippen LogP contribution in [0.2, 0.25) is 0 Å². The number of nitrogens with zero attached hydrogens (tertiary/aromatic N) is 3. The quantitative estimate of drug-likeness (QED) is 0.832. The summed E-state index contributed by atoms with van der Waals surface area (Å²) in [4.78, 5) is 33.9. The third kappa shape index (κ3) is 4.68. The molecule has 0 unspecified atom stereocenters. The second-order valence-electron chi connectivity index (χ2n) is 5.58. The molecule has 0 spiro atoms. The van der Waals surface area contributed by atoms with E-state index >= 15 is 0 Å². The predicted molar refractivity (Wildman–Crippen MR) is 82.1 cm³/mol. The number of hydrogen-bond donors (Lipinski definition) is 1. The van der Waals surface area contributed by atoms with Crippen LogP contribution in [-0.2, 0) is 16.1 Å². The summed E-state index contributed by atoms with van der Waals surface area (Å²) >= 11 is 0.